The lowest BCUT2D eigenvalue weighted by Gasteiger charge is -2.06. The van der Waals surface area contributed by atoms with E-state index in [0.717, 1.165) is 33.9 Å². The number of benzene rings is 2. The summed E-state index contributed by atoms with van der Waals surface area (Å²) in [6, 6.07) is 19.0. The lowest BCUT2D eigenvalue weighted by Crippen LogP contribution is -2.07. The number of carbonyl (C=O) groups excluding carboxylic acids is 1. The highest BCUT2D eigenvalue weighted by Gasteiger charge is 2.07. The van der Waals surface area contributed by atoms with Gasteiger partial charge in [-0.3, -0.25) is 15.1 Å². The van der Waals surface area contributed by atoms with Gasteiger partial charge in [-0.05, 0) is 54.1 Å². The van der Waals surface area contributed by atoms with Crippen molar-refractivity contribution in [1.29, 1.82) is 0 Å². The van der Waals surface area contributed by atoms with Crippen LogP contribution in [0.1, 0.15) is 11.1 Å². The number of carbonyl (C=O) groups is 1. The van der Waals surface area contributed by atoms with Gasteiger partial charge in [-0.15, -0.1) is 11.3 Å². The monoisotopic (exact) mass is 443 g/mol. The molecular formula is C25H21N3O3S. The topological polar surface area (TPSA) is 73.3 Å². The molecule has 0 saturated heterocycles. The van der Waals surface area contributed by atoms with Crippen LogP contribution in [0.3, 0.4) is 0 Å². The minimum absolute atomic E-state index is 0.238. The van der Waals surface area contributed by atoms with Crippen molar-refractivity contribution in [2.45, 2.75) is 6.61 Å². The van der Waals surface area contributed by atoms with E-state index in [0.29, 0.717) is 11.7 Å². The Morgan fingerprint density at radius 3 is 2.56 bits per heavy atom. The van der Waals surface area contributed by atoms with Crippen LogP contribution in [0.15, 0.2) is 84.5 Å². The predicted molar refractivity (Wildman–Crippen MR) is 127 cm³/mol. The van der Waals surface area contributed by atoms with Gasteiger partial charge in [0.2, 0.25) is 5.91 Å². The fraction of sp³-hybridized carbons (Fsp3) is 0.0800. The molecule has 1 N–H and O–H groups in total. The molecule has 0 spiro atoms. The summed E-state index contributed by atoms with van der Waals surface area (Å²) in [7, 11) is 1.63. The minimum atomic E-state index is -0.238. The van der Waals surface area contributed by atoms with Gasteiger partial charge in [-0.2, -0.15) is 0 Å². The third-order valence-corrected chi connectivity index (χ3v) is 5.31. The molecule has 0 saturated carbocycles. The van der Waals surface area contributed by atoms with Crippen molar-refractivity contribution < 1.29 is 14.3 Å². The molecule has 160 valence electrons. The average Bonchev–Trinajstić information content (AvgIpc) is 3.31. The van der Waals surface area contributed by atoms with Gasteiger partial charge in [0.1, 0.15) is 18.1 Å². The number of anilines is 1. The van der Waals surface area contributed by atoms with Gasteiger partial charge in [-0.25, -0.2) is 4.98 Å². The highest BCUT2D eigenvalue weighted by atomic mass is 32.1. The fourth-order valence-electron chi connectivity index (χ4n) is 2.87. The molecule has 0 fully saturated rings. The van der Waals surface area contributed by atoms with Crippen LogP contribution in [0.2, 0.25) is 0 Å². The van der Waals surface area contributed by atoms with Crippen molar-refractivity contribution in [3.8, 4) is 22.8 Å². The molecule has 0 atom stereocenters. The summed E-state index contributed by atoms with van der Waals surface area (Å²) in [6.07, 6.45) is 6.74. The predicted octanol–water partition coefficient (Wildman–Crippen LogP) is 5.44. The summed E-state index contributed by atoms with van der Waals surface area (Å²) in [6.45, 7) is 0.456. The highest BCUT2D eigenvalue weighted by molar-refractivity contribution is 7.14. The Kier molecular flexibility index (Phi) is 6.89. The SMILES string of the molecule is COc1ccc(-c2csc(NC(=O)C=Cc3ccc(OCc4cccnc4)cc3)n2)cc1. The molecule has 0 bridgehead atoms. The fourth-order valence-corrected chi connectivity index (χ4v) is 3.59. The highest BCUT2D eigenvalue weighted by Crippen LogP contribution is 2.26. The number of pyridine rings is 1. The van der Waals surface area contributed by atoms with Gasteiger partial charge < -0.3 is 9.47 Å². The maximum absolute atomic E-state index is 12.3. The van der Waals surface area contributed by atoms with Gasteiger partial charge >= 0.3 is 0 Å². The summed E-state index contributed by atoms with van der Waals surface area (Å²) in [4.78, 5) is 20.8. The Morgan fingerprint density at radius 2 is 1.84 bits per heavy atom. The van der Waals surface area contributed by atoms with Gasteiger partial charge in [-0.1, -0.05) is 18.2 Å². The summed E-state index contributed by atoms with van der Waals surface area (Å²) in [5.41, 5.74) is 3.67. The first kappa shape index (κ1) is 21.3. The Morgan fingerprint density at radius 1 is 1.06 bits per heavy atom. The molecule has 4 aromatic rings. The molecule has 7 heteroatoms. The van der Waals surface area contributed by atoms with Gasteiger partial charge in [0.25, 0.3) is 0 Å². The second-order valence-electron chi connectivity index (χ2n) is 6.81. The number of amides is 1. The molecule has 0 aliphatic rings. The van der Waals surface area contributed by atoms with Crippen LogP contribution in [0.4, 0.5) is 5.13 Å². The third-order valence-electron chi connectivity index (χ3n) is 4.56. The number of aromatic nitrogens is 2. The Hall–Kier alpha value is -3.97. The van der Waals surface area contributed by atoms with E-state index in [4.69, 9.17) is 9.47 Å². The summed E-state index contributed by atoms with van der Waals surface area (Å²) < 4.78 is 10.9. The van der Waals surface area contributed by atoms with Gasteiger partial charge in [0.05, 0.1) is 12.8 Å². The molecule has 0 radical (unpaired) electrons. The molecule has 32 heavy (non-hydrogen) atoms. The number of thiazole rings is 1. The first-order valence-corrected chi connectivity index (χ1v) is 10.8. The first-order chi connectivity index (χ1) is 15.7. The second kappa shape index (κ2) is 10.4. The second-order valence-corrected chi connectivity index (χ2v) is 7.67. The number of methoxy groups -OCH3 is 1. The van der Waals surface area contributed by atoms with Crippen molar-refractivity contribution in [3.63, 3.8) is 0 Å². The number of hydrogen-bond donors (Lipinski definition) is 1. The zero-order valence-electron chi connectivity index (χ0n) is 17.4. The number of ether oxygens (including phenoxy) is 2. The van der Waals surface area contributed by atoms with E-state index in [1.807, 2.05) is 66.0 Å². The summed E-state index contributed by atoms with van der Waals surface area (Å²) in [5, 5.41) is 5.26. The van der Waals surface area contributed by atoms with Crippen LogP contribution in [0, 0.1) is 0 Å². The maximum atomic E-state index is 12.3. The van der Waals surface area contributed by atoms with E-state index in [2.05, 4.69) is 15.3 Å². The van der Waals surface area contributed by atoms with E-state index < -0.39 is 0 Å². The lowest BCUT2D eigenvalue weighted by molar-refractivity contribution is -0.111. The molecular weight excluding hydrogens is 422 g/mol. The van der Waals surface area contributed by atoms with Crippen molar-refractivity contribution in [2.24, 2.45) is 0 Å². The number of nitrogens with one attached hydrogen (secondary N) is 1. The Balaban J connectivity index is 1.30. The van der Waals surface area contributed by atoms with Crippen molar-refractivity contribution >= 4 is 28.5 Å². The van der Waals surface area contributed by atoms with E-state index >= 15 is 0 Å². The van der Waals surface area contributed by atoms with Crippen LogP contribution < -0.4 is 14.8 Å². The smallest absolute Gasteiger partial charge is 0.250 e. The largest absolute Gasteiger partial charge is 0.497 e. The Bertz CT molecular complexity index is 1190. The molecule has 2 aromatic carbocycles. The average molecular weight is 444 g/mol. The Labute approximate surface area is 190 Å². The molecule has 0 aliphatic heterocycles. The van der Waals surface area contributed by atoms with E-state index in [1.165, 1.54) is 17.4 Å². The van der Waals surface area contributed by atoms with Crippen LogP contribution in [-0.2, 0) is 11.4 Å². The van der Waals surface area contributed by atoms with E-state index in [-0.39, 0.29) is 5.91 Å². The lowest BCUT2D eigenvalue weighted by atomic mass is 10.2. The van der Waals surface area contributed by atoms with Gasteiger partial charge in [0, 0.05) is 35.0 Å². The molecule has 6 nitrogen and oxygen atoms in total. The quantitative estimate of drug-likeness (QED) is 0.367. The number of hydrogen-bond acceptors (Lipinski definition) is 6. The first-order valence-electron chi connectivity index (χ1n) is 9.90. The van der Waals surface area contributed by atoms with Crippen LogP contribution in [0.5, 0.6) is 11.5 Å². The van der Waals surface area contributed by atoms with E-state index in [1.54, 1.807) is 25.6 Å². The third kappa shape index (κ3) is 5.80. The minimum Gasteiger partial charge on any atom is -0.497 e. The van der Waals surface area contributed by atoms with Crippen molar-refractivity contribution in [1.82, 2.24) is 9.97 Å². The normalized spacial score (nSPS) is 10.8. The van der Waals surface area contributed by atoms with Crippen LogP contribution >= 0.6 is 11.3 Å². The standard InChI is InChI=1S/C25H21N3O3S/c1-30-21-11-7-20(8-12-21)23-17-32-25(27-23)28-24(29)13-6-18-4-9-22(10-5-18)31-16-19-3-2-14-26-15-19/h2-15,17H,16H2,1H3,(H,27,28,29). The van der Waals surface area contributed by atoms with Crippen LogP contribution in [-0.4, -0.2) is 23.0 Å². The molecule has 1 amide bonds. The molecule has 0 aliphatic carbocycles. The number of rotatable bonds is 8. The summed E-state index contributed by atoms with van der Waals surface area (Å²) in [5.74, 6) is 1.30. The van der Waals surface area contributed by atoms with Crippen molar-refractivity contribution in [2.75, 3.05) is 12.4 Å². The molecule has 0 unspecified atom stereocenters. The van der Waals surface area contributed by atoms with E-state index in [9.17, 15) is 4.79 Å². The number of nitrogens with zero attached hydrogens (tertiary/aromatic N) is 2. The molecule has 2 aromatic heterocycles. The van der Waals surface area contributed by atoms with Gasteiger partial charge in [0.15, 0.2) is 5.13 Å². The maximum Gasteiger partial charge on any atom is 0.250 e. The zero-order chi connectivity index (χ0) is 22.2. The molecule has 4 rings (SSSR count). The van der Waals surface area contributed by atoms with Crippen LogP contribution in [0.25, 0.3) is 17.3 Å². The van der Waals surface area contributed by atoms with Crippen molar-refractivity contribution in [3.05, 3.63) is 95.6 Å². The summed E-state index contributed by atoms with van der Waals surface area (Å²) >= 11 is 1.38. The molecule has 2 heterocycles. The zero-order valence-corrected chi connectivity index (χ0v) is 18.2.